The SMILES string of the molecule is CC(C)(C)COC(=O)Nc1cccc(-c2n[nH]c3ccc(C(N)=O)cc23)c1. The molecule has 0 saturated carbocycles. The second-order valence-electron chi connectivity index (χ2n) is 7.54. The highest BCUT2D eigenvalue weighted by atomic mass is 16.5. The molecular weight excluding hydrogens is 344 g/mol. The lowest BCUT2D eigenvalue weighted by atomic mass is 9.99. The van der Waals surface area contributed by atoms with Crippen molar-refractivity contribution < 1.29 is 14.3 Å². The van der Waals surface area contributed by atoms with E-state index < -0.39 is 12.0 Å². The Hall–Kier alpha value is -3.35. The number of H-pyrrole nitrogens is 1. The van der Waals surface area contributed by atoms with Gasteiger partial charge in [0.2, 0.25) is 5.91 Å². The van der Waals surface area contributed by atoms with Gasteiger partial charge in [-0.1, -0.05) is 32.9 Å². The molecule has 2 amide bonds. The highest BCUT2D eigenvalue weighted by Gasteiger charge is 2.15. The Morgan fingerprint density at radius 3 is 2.67 bits per heavy atom. The van der Waals surface area contributed by atoms with Crippen LogP contribution in [0.1, 0.15) is 31.1 Å². The van der Waals surface area contributed by atoms with E-state index >= 15 is 0 Å². The number of nitrogens with two attached hydrogens (primary N) is 1. The quantitative estimate of drug-likeness (QED) is 0.650. The van der Waals surface area contributed by atoms with Crippen molar-refractivity contribution in [3.05, 3.63) is 48.0 Å². The van der Waals surface area contributed by atoms with Gasteiger partial charge in [0, 0.05) is 22.2 Å². The van der Waals surface area contributed by atoms with Crippen LogP contribution in [-0.4, -0.2) is 28.8 Å². The number of ether oxygens (including phenoxy) is 1. The molecule has 0 bridgehead atoms. The van der Waals surface area contributed by atoms with Gasteiger partial charge in [0.05, 0.1) is 17.8 Å². The molecule has 4 N–H and O–H groups in total. The Labute approximate surface area is 156 Å². The van der Waals surface area contributed by atoms with E-state index in [1.807, 2.05) is 32.9 Å². The fraction of sp³-hybridized carbons (Fsp3) is 0.250. The summed E-state index contributed by atoms with van der Waals surface area (Å²) >= 11 is 0. The number of fused-ring (bicyclic) bond motifs is 1. The zero-order valence-electron chi connectivity index (χ0n) is 15.5. The molecule has 7 heteroatoms. The lowest BCUT2D eigenvalue weighted by molar-refractivity contribution is 0.1000. The standard InChI is InChI=1S/C20H22N4O3/c1-20(2,3)11-27-19(26)22-14-6-4-5-12(9-14)17-15-10-13(18(21)25)7-8-16(15)23-24-17/h4-10H,11H2,1-3H3,(H2,21,25)(H,22,26)(H,23,24). The maximum atomic E-state index is 12.0. The number of primary amides is 1. The molecule has 140 valence electrons. The first-order valence-corrected chi connectivity index (χ1v) is 8.55. The molecule has 3 rings (SSSR count). The Morgan fingerprint density at radius 1 is 1.19 bits per heavy atom. The van der Waals surface area contributed by atoms with E-state index in [1.165, 1.54) is 0 Å². The molecule has 0 saturated heterocycles. The molecule has 0 radical (unpaired) electrons. The van der Waals surface area contributed by atoms with Gasteiger partial charge < -0.3 is 10.5 Å². The van der Waals surface area contributed by atoms with Crippen LogP contribution in [0.3, 0.4) is 0 Å². The van der Waals surface area contributed by atoms with Crippen molar-refractivity contribution >= 4 is 28.6 Å². The normalized spacial score (nSPS) is 11.4. The lowest BCUT2D eigenvalue weighted by Crippen LogP contribution is -2.21. The zero-order valence-corrected chi connectivity index (χ0v) is 15.5. The fourth-order valence-corrected chi connectivity index (χ4v) is 2.57. The highest BCUT2D eigenvalue weighted by molar-refractivity contribution is 6.01. The van der Waals surface area contributed by atoms with Crippen LogP contribution in [0.4, 0.5) is 10.5 Å². The van der Waals surface area contributed by atoms with Crippen LogP contribution in [0.25, 0.3) is 22.2 Å². The summed E-state index contributed by atoms with van der Waals surface area (Å²) in [6, 6.07) is 12.4. The minimum absolute atomic E-state index is 0.106. The number of hydrogen-bond donors (Lipinski definition) is 3. The summed E-state index contributed by atoms with van der Waals surface area (Å²) in [6.07, 6.45) is -0.509. The molecule has 1 aromatic heterocycles. The number of nitrogens with zero attached hydrogens (tertiary/aromatic N) is 1. The summed E-state index contributed by atoms with van der Waals surface area (Å²) in [5, 5.41) is 10.8. The van der Waals surface area contributed by atoms with Gasteiger partial charge in [-0.15, -0.1) is 0 Å². The number of carbonyl (C=O) groups is 2. The molecule has 0 atom stereocenters. The van der Waals surface area contributed by atoms with E-state index in [1.54, 1.807) is 30.3 Å². The Balaban J connectivity index is 1.85. The third-order valence-corrected chi connectivity index (χ3v) is 3.87. The van der Waals surface area contributed by atoms with E-state index in [-0.39, 0.29) is 5.41 Å². The molecule has 0 unspecified atom stereocenters. The number of nitrogens with one attached hydrogen (secondary N) is 2. The molecule has 27 heavy (non-hydrogen) atoms. The van der Waals surface area contributed by atoms with Gasteiger partial charge in [0.25, 0.3) is 0 Å². The second-order valence-corrected chi connectivity index (χ2v) is 7.54. The van der Waals surface area contributed by atoms with Crippen molar-refractivity contribution in [2.24, 2.45) is 11.1 Å². The Kier molecular flexibility index (Phi) is 4.85. The van der Waals surface area contributed by atoms with Crippen LogP contribution in [0.15, 0.2) is 42.5 Å². The molecule has 1 heterocycles. The largest absolute Gasteiger partial charge is 0.449 e. The first-order valence-electron chi connectivity index (χ1n) is 8.55. The number of hydrogen-bond acceptors (Lipinski definition) is 4. The van der Waals surface area contributed by atoms with Crippen LogP contribution in [0.2, 0.25) is 0 Å². The average molecular weight is 366 g/mol. The van der Waals surface area contributed by atoms with Crippen molar-refractivity contribution in [2.75, 3.05) is 11.9 Å². The second kappa shape index (κ2) is 7.11. The van der Waals surface area contributed by atoms with Crippen LogP contribution in [-0.2, 0) is 4.74 Å². The Morgan fingerprint density at radius 2 is 1.96 bits per heavy atom. The predicted molar refractivity (Wildman–Crippen MR) is 104 cm³/mol. The zero-order chi connectivity index (χ0) is 19.6. The van der Waals surface area contributed by atoms with Crippen molar-refractivity contribution in [2.45, 2.75) is 20.8 Å². The molecule has 3 aromatic rings. The fourth-order valence-electron chi connectivity index (χ4n) is 2.57. The summed E-state index contributed by atoms with van der Waals surface area (Å²) in [4.78, 5) is 23.4. The van der Waals surface area contributed by atoms with Crippen LogP contribution in [0, 0.1) is 5.41 Å². The summed E-state index contributed by atoms with van der Waals surface area (Å²) in [6.45, 7) is 6.29. The van der Waals surface area contributed by atoms with Gasteiger partial charge in [-0.05, 0) is 35.7 Å². The molecule has 7 nitrogen and oxygen atoms in total. The molecule has 0 fully saturated rings. The summed E-state index contributed by atoms with van der Waals surface area (Å²) < 4.78 is 5.23. The first kappa shape index (κ1) is 18.4. The van der Waals surface area contributed by atoms with Crippen molar-refractivity contribution in [3.8, 4) is 11.3 Å². The van der Waals surface area contributed by atoms with Gasteiger partial charge in [0.15, 0.2) is 0 Å². The summed E-state index contributed by atoms with van der Waals surface area (Å²) in [7, 11) is 0. The predicted octanol–water partition coefficient (Wildman–Crippen LogP) is 3.92. The number of rotatable bonds is 4. The number of aromatic nitrogens is 2. The summed E-state index contributed by atoms with van der Waals surface area (Å²) in [5.74, 6) is -0.499. The molecule has 2 aromatic carbocycles. The van der Waals surface area contributed by atoms with Gasteiger partial charge in [-0.25, -0.2) is 4.79 Å². The number of benzene rings is 2. The Bertz CT molecular complexity index is 1000. The maximum Gasteiger partial charge on any atom is 0.411 e. The third-order valence-electron chi connectivity index (χ3n) is 3.87. The topological polar surface area (TPSA) is 110 Å². The average Bonchev–Trinajstić information content (AvgIpc) is 3.03. The van der Waals surface area contributed by atoms with E-state index in [4.69, 9.17) is 10.5 Å². The molecular formula is C20H22N4O3. The van der Waals surface area contributed by atoms with E-state index in [2.05, 4.69) is 15.5 Å². The number of amides is 2. The van der Waals surface area contributed by atoms with Gasteiger partial charge in [-0.3, -0.25) is 15.2 Å². The van der Waals surface area contributed by atoms with Crippen LogP contribution >= 0.6 is 0 Å². The number of anilines is 1. The number of aromatic amines is 1. The van der Waals surface area contributed by atoms with Crippen molar-refractivity contribution in [1.29, 1.82) is 0 Å². The van der Waals surface area contributed by atoms with Gasteiger partial charge in [0.1, 0.15) is 0 Å². The minimum Gasteiger partial charge on any atom is -0.449 e. The van der Waals surface area contributed by atoms with E-state index in [0.717, 1.165) is 16.5 Å². The molecule has 0 aliphatic carbocycles. The molecule has 0 spiro atoms. The van der Waals surface area contributed by atoms with Crippen LogP contribution in [0.5, 0.6) is 0 Å². The van der Waals surface area contributed by atoms with Gasteiger partial charge >= 0.3 is 6.09 Å². The van der Waals surface area contributed by atoms with E-state index in [0.29, 0.717) is 23.6 Å². The lowest BCUT2D eigenvalue weighted by Gasteiger charge is -2.18. The van der Waals surface area contributed by atoms with Gasteiger partial charge in [-0.2, -0.15) is 5.10 Å². The van der Waals surface area contributed by atoms with Crippen molar-refractivity contribution in [1.82, 2.24) is 10.2 Å². The number of carbonyl (C=O) groups excluding carboxylic acids is 2. The maximum absolute atomic E-state index is 12.0. The first-order chi connectivity index (χ1) is 12.7. The minimum atomic E-state index is -0.509. The smallest absolute Gasteiger partial charge is 0.411 e. The van der Waals surface area contributed by atoms with Crippen LogP contribution < -0.4 is 11.1 Å². The molecule has 0 aliphatic rings. The van der Waals surface area contributed by atoms with E-state index in [9.17, 15) is 9.59 Å². The monoisotopic (exact) mass is 366 g/mol. The third kappa shape index (κ3) is 4.44. The summed E-state index contributed by atoms with van der Waals surface area (Å²) in [5.41, 5.74) is 8.51. The molecule has 0 aliphatic heterocycles. The van der Waals surface area contributed by atoms with Crippen molar-refractivity contribution in [3.63, 3.8) is 0 Å². The highest BCUT2D eigenvalue weighted by Crippen LogP contribution is 2.29.